The highest BCUT2D eigenvalue weighted by atomic mass is 16.5. The largest absolute Gasteiger partial charge is 0.467 e. The lowest BCUT2D eigenvalue weighted by atomic mass is 9.86. The average Bonchev–Trinajstić information content (AvgIpc) is 2.89. The van der Waals surface area contributed by atoms with Gasteiger partial charge in [-0.15, -0.1) is 0 Å². The van der Waals surface area contributed by atoms with Crippen LogP contribution in [0.4, 0.5) is 0 Å². The number of Topliss-reactive ketones (excluding diaryl/α,β-unsaturated/α-hetero) is 2. The second-order valence-electron chi connectivity index (χ2n) is 6.24. The lowest BCUT2D eigenvalue weighted by molar-refractivity contribution is -0.156. The molecule has 0 spiro atoms. The fraction of sp³-hybridized carbons (Fsp3) is 0.389. The number of rotatable bonds is 8. The number of benzene rings is 1. The van der Waals surface area contributed by atoms with Crippen molar-refractivity contribution in [1.82, 2.24) is 4.90 Å². The third-order valence-electron chi connectivity index (χ3n) is 4.49. The quantitative estimate of drug-likeness (QED) is 0.349. The Morgan fingerprint density at radius 2 is 1.67 bits per heavy atom. The van der Waals surface area contributed by atoms with E-state index < -0.39 is 54.0 Å². The topological polar surface area (TPSA) is 144 Å². The number of esters is 1. The van der Waals surface area contributed by atoms with E-state index in [0.29, 0.717) is 0 Å². The summed E-state index contributed by atoms with van der Waals surface area (Å²) >= 11 is 0. The Kier molecular flexibility index (Phi) is 5.87. The van der Waals surface area contributed by atoms with Gasteiger partial charge in [0.2, 0.25) is 0 Å². The van der Waals surface area contributed by atoms with Gasteiger partial charge >= 0.3 is 5.97 Å². The summed E-state index contributed by atoms with van der Waals surface area (Å²) in [5.41, 5.74) is 3.83. The molecule has 1 aromatic carbocycles. The van der Waals surface area contributed by atoms with Gasteiger partial charge in [-0.3, -0.25) is 24.1 Å². The Balaban J connectivity index is 2.01. The molecule has 0 aromatic heterocycles. The molecule has 0 fully saturated rings. The highest BCUT2D eigenvalue weighted by Gasteiger charge is 2.47. The van der Waals surface area contributed by atoms with Crippen LogP contribution in [0.5, 0.6) is 0 Å². The van der Waals surface area contributed by atoms with E-state index in [1.54, 1.807) is 12.1 Å². The highest BCUT2D eigenvalue weighted by Crippen LogP contribution is 2.22. The second kappa shape index (κ2) is 7.77. The van der Waals surface area contributed by atoms with Crippen LogP contribution in [0.15, 0.2) is 24.3 Å². The number of nitrogens with two attached hydrogens (primary N) is 1. The number of aliphatic hydroxyl groups is 1. The summed E-state index contributed by atoms with van der Waals surface area (Å²) in [5, 5.41) is 9.68. The molecule has 9 heteroatoms. The van der Waals surface area contributed by atoms with Crippen LogP contribution in [0, 0.1) is 0 Å². The van der Waals surface area contributed by atoms with E-state index in [9.17, 15) is 29.1 Å². The fourth-order valence-corrected chi connectivity index (χ4v) is 2.78. The number of aliphatic hydroxyl groups excluding tert-OH is 1. The van der Waals surface area contributed by atoms with Gasteiger partial charge in [0, 0.05) is 12.8 Å². The standard InChI is InChI=1S/C18H20N2O7/c1-10(21)18(19,17(26)27-2)14(23)8-7-11(22)9-20-15(24)12-5-3-4-6-13(12)16(20)25/h3-6,10,21H,7-9,19H2,1-2H3. The van der Waals surface area contributed by atoms with Crippen molar-refractivity contribution < 1.29 is 33.8 Å². The van der Waals surface area contributed by atoms with Crippen molar-refractivity contribution in [2.24, 2.45) is 5.73 Å². The predicted octanol–water partition coefficient (Wildman–Crippen LogP) is -0.548. The van der Waals surface area contributed by atoms with Crippen molar-refractivity contribution in [3.05, 3.63) is 35.4 Å². The first kappa shape index (κ1) is 20.4. The van der Waals surface area contributed by atoms with Crippen LogP contribution in [0.3, 0.4) is 0 Å². The third kappa shape index (κ3) is 3.64. The Labute approximate surface area is 155 Å². The third-order valence-corrected chi connectivity index (χ3v) is 4.49. The number of ether oxygens (including phenoxy) is 1. The maximum absolute atomic E-state index is 12.3. The SMILES string of the molecule is COC(=O)C(N)(C(=O)CCC(=O)CN1C(=O)c2ccccc2C1=O)C(C)O. The van der Waals surface area contributed by atoms with E-state index in [1.807, 2.05) is 0 Å². The Morgan fingerprint density at radius 1 is 1.15 bits per heavy atom. The Bertz CT molecular complexity index is 783. The van der Waals surface area contributed by atoms with Crippen LogP contribution in [0.25, 0.3) is 0 Å². The van der Waals surface area contributed by atoms with E-state index in [-0.39, 0.29) is 17.5 Å². The minimum atomic E-state index is -2.29. The maximum Gasteiger partial charge on any atom is 0.336 e. The first-order valence-electron chi connectivity index (χ1n) is 8.20. The van der Waals surface area contributed by atoms with Crippen molar-refractivity contribution in [2.75, 3.05) is 13.7 Å². The van der Waals surface area contributed by atoms with Gasteiger partial charge in [0.1, 0.15) is 0 Å². The Hall–Kier alpha value is -2.91. The van der Waals surface area contributed by atoms with Crippen LogP contribution in [0.1, 0.15) is 40.5 Å². The minimum Gasteiger partial charge on any atom is -0.467 e. The van der Waals surface area contributed by atoms with Crippen LogP contribution >= 0.6 is 0 Å². The molecular weight excluding hydrogens is 356 g/mol. The van der Waals surface area contributed by atoms with Crippen LogP contribution in [0.2, 0.25) is 0 Å². The number of fused-ring (bicyclic) bond motifs is 1. The molecule has 144 valence electrons. The first-order chi connectivity index (χ1) is 12.6. The van der Waals surface area contributed by atoms with Crippen LogP contribution in [-0.4, -0.2) is 64.7 Å². The zero-order valence-corrected chi connectivity index (χ0v) is 14.9. The second-order valence-corrected chi connectivity index (χ2v) is 6.24. The summed E-state index contributed by atoms with van der Waals surface area (Å²) in [6, 6.07) is 6.20. The summed E-state index contributed by atoms with van der Waals surface area (Å²) in [6.45, 7) is 0.666. The lowest BCUT2D eigenvalue weighted by Crippen LogP contribution is -2.62. The molecule has 2 amide bonds. The molecule has 0 aliphatic carbocycles. The van der Waals surface area contributed by atoms with Gasteiger partial charge in [-0.2, -0.15) is 0 Å². The number of nitrogens with zero attached hydrogens (tertiary/aromatic N) is 1. The van der Waals surface area contributed by atoms with E-state index in [4.69, 9.17) is 5.73 Å². The number of amides is 2. The number of imide groups is 1. The van der Waals surface area contributed by atoms with Gasteiger partial charge in [0.05, 0.1) is 30.9 Å². The molecule has 0 saturated carbocycles. The van der Waals surface area contributed by atoms with Crippen molar-refractivity contribution >= 4 is 29.4 Å². The van der Waals surface area contributed by atoms with Crippen molar-refractivity contribution in [3.8, 4) is 0 Å². The first-order valence-corrected chi connectivity index (χ1v) is 8.20. The maximum atomic E-state index is 12.3. The van der Waals surface area contributed by atoms with Crippen LogP contribution in [-0.2, 0) is 19.1 Å². The molecule has 1 aliphatic heterocycles. The number of ketones is 2. The summed E-state index contributed by atoms with van der Waals surface area (Å²) < 4.78 is 4.45. The highest BCUT2D eigenvalue weighted by molar-refractivity contribution is 6.22. The zero-order chi connectivity index (χ0) is 20.4. The number of hydrogen-bond donors (Lipinski definition) is 2. The van der Waals surface area contributed by atoms with Gasteiger partial charge in [0.25, 0.3) is 11.8 Å². The average molecular weight is 376 g/mol. The molecule has 2 rings (SSSR count). The molecule has 9 nitrogen and oxygen atoms in total. The number of carbonyl (C=O) groups excluding carboxylic acids is 5. The molecule has 1 aromatic rings. The summed E-state index contributed by atoms with van der Waals surface area (Å²) in [5.74, 6) is -3.71. The molecule has 3 N–H and O–H groups in total. The predicted molar refractivity (Wildman–Crippen MR) is 91.7 cm³/mol. The molecule has 1 aliphatic rings. The van der Waals surface area contributed by atoms with E-state index >= 15 is 0 Å². The molecule has 0 saturated heterocycles. The van der Waals surface area contributed by atoms with Crippen LogP contribution < -0.4 is 5.73 Å². The van der Waals surface area contributed by atoms with Gasteiger partial charge in [-0.25, -0.2) is 4.79 Å². The van der Waals surface area contributed by atoms with Crippen molar-refractivity contribution in [1.29, 1.82) is 0 Å². The Morgan fingerprint density at radius 3 is 2.11 bits per heavy atom. The number of methoxy groups -OCH3 is 1. The van der Waals surface area contributed by atoms with Gasteiger partial charge in [-0.05, 0) is 19.1 Å². The van der Waals surface area contributed by atoms with Crippen molar-refractivity contribution in [2.45, 2.75) is 31.4 Å². The fourth-order valence-electron chi connectivity index (χ4n) is 2.78. The molecule has 2 unspecified atom stereocenters. The van der Waals surface area contributed by atoms with Gasteiger partial charge in [-0.1, -0.05) is 12.1 Å². The molecule has 0 radical (unpaired) electrons. The van der Waals surface area contributed by atoms with Gasteiger partial charge in [0.15, 0.2) is 17.1 Å². The van der Waals surface area contributed by atoms with E-state index in [2.05, 4.69) is 4.74 Å². The molecular formula is C18H20N2O7. The minimum absolute atomic E-state index is 0.215. The van der Waals surface area contributed by atoms with Gasteiger partial charge < -0.3 is 15.6 Å². The zero-order valence-electron chi connectivity index (χ0n) is 14.9. The molecule has 1 heterocycles. The summed E-state index contributed by atoms with van der Waals surface area (Å²) in [6.07, 6.45) is -2.32. The summed E-state index contributed by atoms with van der Waals surface area (Å²) in [7, 11) is 1.02. The van der Waals surface area contributed by atoms with E-state index in [0.717, 1.165) is 18.9 Å². The molecule has 2 atom stereocenters. The monoisotopic (exact) mass is 376 g/mol. The smallest absolute Gasteiger partial charge is 0.336 e. The number of carbonyl (C=O) groups is 5. The normalized spacial score (nSPS) is 16.5. The molecule has 0 bridgehead atoms. The van der Waals surface area contributed by atoms with E-state index in [1.165, 1.54) is 12.1 Å². The van der Waals surface area contributed by atoms with Crippen molar-refractivity contribution in [3.63, 3.8) is 0 Å². The summed E-state index contributed by atoms with van der Waals surface area (Å²) in [4.78, 5) is 61.4. The number of hydrogen-bond acceptors (Lipinski definition) is 8. The molecule has 27 heavy (non-hydrogen) atoms. The lowest BCUT2D eigenvalue weighted by Gasteiger charge is -2.27.